The first-order chi connectivity index (χ1) is 14.2. The van der Waals surface area contributed by atoms with Crippen molar-refractivity contribution in [2.75, 3.05) is 18.0 Å². The van der Waals surface area contributed by atoms with E-state index in [1.165, 1.54) is 0 Å². The topological polar surface area (TPSA) is 66.5 Å². The molecule has 2 fully saturated rings. The van der Waals surface area contributed by atoms with E-state index in [4.69, 9.17) is 0 Å². The molecule has 6 heteroatoms. The number of rotatable bonds is 3. The van der Waals surface area contributed by atoms with Gasteiger partial charge in [0.15, 0.2) is 9.84 Å². The summed E-state index contributed by atoms with van der Waals surface area (Å²) in [4.78, 5) is 15.5. The minimum atomic E-state index is -3.70. The summed E-state index contributed by atoms with van der Waals surface area (Å²) >= 11 is 0. The third kappa shape index (κ3) is 3.56. The van der Waals surface area contributed by atoms with Gasteiger partial charge in [-0.1, -0.05) is 51.1 Å². The Morgan fingerprint density at radius 2 is 1.57 bits per heavy atom. The molecule has 5 nitrogen and oxygen atoms in total. The van der Waals surface area contributed by atoms with Crippen molar-refractivity contribution in [2.45, 2.75) is 55.7 Å². The van der Waals surface area contributed by atoms with Crippen LogP contribution in [0.5, 0.6) is 0 Å². The van der Waals surface area contributed by atoms with E-state index in [-0.39, 0.29) is 16.2 Å². The van der Waals surface area contributed by atoms with Gasteiger partial charge in [-0.25, -0.2) is 8.42 Å². The lowest BCUT2D eigenvalue weighted by Crippen LogP contribution is -2.43. The van der Waals surface area contributed by atoms with Crippen molar-refractivity contribution in [3.63, 3.8) is 0 Å². The lowest BCUT2D eigenvalue weighted by Gasteiger charge is -2.32. The highest BCUT2D eigenvalue weighted by Crippen LogP contribution is 2.47. The van der Waals surface area contributed by atoms with Crippen LogP contribution in [0.2, 0.25) is 0 Å². The highest BCUT2D eigenvalue weighted by molar-refractivity contribution is 7.92. The molecule has 0 aromatic heterocycles. The summed E-state index contributed by atoms with van der Waals surface area (Å²) in [6, 6.07) is 16.3. The van der Waals surface area contributed by atoms with Crippen LogP contribution in [0.4, 0.5) is 5.69 Å². The van der Waals surface area contributed by atoms with Crippen LogP contribution < -0.4 is 10.2 Å². The van der Waals surface area contributed by atoms with Crippen molar-refractivity contribution in [1.29, 1.82) is 0 Å². The van der Waals surface area contributed by atoms with Gasteiger partial charge in [0.2, 0.25) is 5.91 Å². The molecule has 0 aliphatic carbocycles. The SMILES string of the molecule is CC(C)(C)c1ccc(N2C(=O)C3(CCNCC3)CC2S(=O)(=O)c2ccccc2)cc1. The zero-order valence-electron chi connectivity index (χ0n) is 17.9. The molecule has 0 bridgehead atoms. The molecule has 2 aliphatic rings. The Kier molecular flexibility index (Phi) is 5.27. The second-order valence-corrected chi connectivity index (χ2v) is 11.6. The maximum atomic E-state index is 13.7. The van der Waals surface area contributed by atoms with Crippen LogP contribution in [0.15, 0.2) is 59.5 Å². The Morgan fingerprint density at radius 1 is 0.967 bits per heavy atom. The van der Waals surface area contributed by atoms with Gasteiger partial charge < -0.3 is 5.32 Å². The molecule has 4 rings (SSSR count). The van der Waals surface area contributed by atoms with Crippen LogP contribution in [-0.2, 0) is 20.0 Å². The summed E-state index contributed by atoms with van der Waals surface area (Å²) in [6.45, 7) is 7.88. The monoisotopic (exact) mass is 426 g/mol. The van der Waals surface area contributed by atoms with E-state index >= 15 is 0 Å². The van der Waals surface area contributed by atoms with Gasteiger partial charge in [-0.3, -0.25) is 9.69 Å². The predicted octanol–water partition coefficient (Wildman–Crippen LogP) is 3.89. The number of amides is 1. The first-order valence-electron chi connectivity index (χ1n) is 10.6. The number of sulfone groups is 1. The molecule has 2 aromatic rings. The Morgan fingerprint density at radius 3 is 2.13 bits per heavy atom. The van der Waals surface area contributed by atoms with Crippen LogP contribution >= 0.6 is 0 Å². The van der Waals surface area contributed by atoms with Gasteiger partial charge in [0.1, 0.15) is 5.37 Å². The number of hydrogen-bond acceptors (Lipinski definition) is 4. The molecule has 1 unspecified atom stereocenters. The fourth-order valence-corrected chi connectivity index (χ4v) is 6.53. The molecule has 2 aliphatic heterocycles. The first kappa shape index (κ1) is 21.1. The van der Waals surface area contributed by atoms with E-state index < -0.39 is 20.6 Å². The minimum absolute atomic E-state index is 0.0146. The molecule has 0 radical (unpaired) electrons. The second-order valence-electron chi connectivity index (χ2n) is 9.52. The minimum Gasteiger partial charge on any atom is -0.317 e. The van der Waals surface area contributed by atoms with Crippen LogP contribution in [0.1, 0.15) is 45.6 Å². The van der Waals surface area contributed by atoms with Crippen LogP contribution in [0.25, 0.3) is 0 Å². The third-order valence-electron chi connectivity index (χ3n) is 6.53. The Labute approximate surface area is 179 Å². The van der Waals surface area contributed by atoms with Crippen molar-refractivity contribution in [1.82, 2.24) is 5.32 Å². The second kappa shape index (κ2) is 7.50. The van der Waals surface area contributed by atoms with Gasteiger partial charge >= 0.3 is 0 Å². The summed E-state index contributed by atoms with van der Waals surface area (Å²) < 4.78 is 27.2. The number of benzene rings is 2. The average Bonchev–Trinajstić information content (AvgIpc) is 3.01. The lowest BCUT2D eigenvalue weighted by atomic mass is 9.77. The Hall–Kier alpha value is -2.18. The Bertz CT molecular complexity index is 1020. The van der Waals surface area contributed by atoms with Gasteiger partial charge in [0, 0.05) is 5.69 Å². The highest BCUT2D eigenvalue weighted by Gasteiger charge is 2.56. The third-order valence-corrected chi connectivity index (χ3v) is 8.55. The van der Waals surface area contributed by atoms with Crippen LogP contribution in [0, 0.1) is 5.41 Å². The number of nitrogens with zero attached hydrogens (tertiary/aromatic N) is 1. The number of hydrogen-bond donors (Lipinski definition) is 1. The van der Waals surface area contributed by atoms with E-state index in [1.54, 1.807) is 35.2 Å². The van der Waals surface area contributed by atoms with Crippen molar-refractivity contribution in [3.05, 3.63) is 60.2 Å². The molecule has 2 heterocycles. The summed E-state index contributed by atoms with van der Waals surface area (Å²) in [5, 5.41) is 2.42. The summed E-state index contributed by atoms with van der Waals surface area (Å²) in [5.41, 5.74) is 1.18. The number of carbonyl (C=O) groups is 1. The van der Waals surface area contributed by atoms with Crippen molar-refractivity contribution in [3.8, 4) is 0 Å². The quantitative estimate of drug-likeness (QED) is 0.809. The van der Waals surface area contributed by atoms with Gasteiger partial charge in [-0.05, 0) is 67.6 Å². The standard InChI is InChI=1S/C24H30N2O3S/c1-23(2,3)18-9-11-19(12-10-18)26-21(30(28,29)20-7-5-4-6-8-20)17-24(22(26)27)13-15-25-16-14-24/h4-12,21,25H,13-17H2,1-3H3. The number of anilines is 1. The van der Waals surface area contributed by atoms with Crippen molar-refractivity contribution in [2.24, 2.45) is 5.41 Å². The molecule has 1 atom stereocenters. The highest BCUT2D eigenvalue weighted by atomic mass is 32.2. The summed E-state index contributed by atoms with van der Waals surface area (Å²) in [5.74, 6) is -0.0583. The molecule has 1 N–H and O–H groups in total. The molecule has 0 saturated carbocycles. The normalized spacial score (nSPS) is 21.9. The van der Waals surface area contributed by atoms with Gasteiger partial charge in [0.05, 0.1) is 10.3 Å². The fourth-order valence-electron chi connectivity index (χ4n) is 4.64. The number of nitrogens with one attached hydrogen (secondary N) is 1. The number of piperidine rings is 1. The largest absolute Gasteiger partial charge is 0.317 e. The molecule has 2 saturated heterocycles. The average molecular weight is 427 g/mol. The number of carbonyl (C=O) groups excluding carboxylic acids is 1. The lowest BCUT2D eigenvalue weighted by molar-refractivity contribution is -0.126. The molecule has 1 spiro atoms. The summed E-state index contributed by atoms with van der Waals surface area (Å²) in [7, 11) is -3.70. The first-order valence-corrected chi connectivity index (χ1v) is 12.1. The summed E-state index contributed by atoms with van der Waals surface area (Å²) in [6.07, 6.45) is 1.68. The molecule has 2 aromatic carbocycles. The molecular weight excluding hydrogens is 396 g/mol. The zero-order valence-corrected chi connectivity index (χ0v) is 18.7. The maximum absolute atomic E-state index is 13.7. The van der Waals surface area contributed by atoms with Crippen LogP contribution in [0.3, 0.4) is 0 Å². The molecule has 30 heavy (non-hydrogen) atoms. The van der Waals surface area contributed by atoms with Gasteiger partial charge in [-0.2, -0.15) is 0 Å². The van der Waals surface area contributed by atoms with E-state index in [0.717, 1.165) is 18.7 Å². The fraction of sp³-hybridized carbons (Fsp3) is 0.458. The van der Waals surface area contributed by atoms with Gasteiger partial charge in [-0.15, -0.1) is 0 Å². The molecular formula is C24H30N2O3S. The van der Waals surface area contributed by atoms with E-state index in [2.05, 4.69) is 26.1 Å². The molecule has 160 valence electrons. The molecule has 1 amide bonds. The van der Waals surface area contributed by atoms with E-state index in [1.807, 2.05) is 24.3 Å². The Balaban J connectivity index is 1.79. The predicted molar refractivity (Wildman–Crippen MR) is 119 cm³/mol. The van der Waals surface area contributed by atoms with Crippen LogP contribution in [-0.4, -0.2) is 32.8 Å². The van der Waals surface area contributed by atoms with E-state index in [0.29, 0.717) is 24.9 Å². The zero-order chi connectivity index (χ0) is 21.6. The van der Waals surface area contributed by atoms with E-state index in [9.17, 15) is 13.2 Å². The maximum Gasteiger partial charge on any atom is 0.234 e. The van der Waals surface area contributed by atoms with Crippen molar-refractivity contribution >= 4 is 21.4 Å². The van der Waals surface area contributed by atoms with Crippen molar-refractivity contribution < 1.29 is 13.2 Å². The smallest absolute Gasteiger partial charge is 0.234 e. The van der Waals surface area contributed by atoms with Gasteiger partial charge in [0.25, 0.3) is 0 Å².